The Bertz CT molecular complexity index is 624. The maximum atomic E-state index is 12.2. The van der Waals surface area contributed by atoms with Crippen LogP contribution in [0.25, 0.3) is 0 Å². The second kappa shape index (κ2) is 9.95. The van der Waals surface area contributed by atoms with E-state index >= 15 is 0 Å². The Balaban J connectivity index is 0.00000288. The minimum atomic E-state index is -0.217. The van der Waals surface area contributed by atoms with E-state index in [0.717, 1.165) is 18.6 Å². The Kier molecular flexibility index (Phi) is 8.29. The average molecular weight is 353 g/mol. The minimum Gasteiger partial charge on any atom is -0.492 e. The molecule has 0 spiro atoms. The molecular formula is C17H25ClN4O2. The van der Waals surface area contributed by atoms with Gasteiger partial charge in [-0.15, -0.1) is 12.4 Å². The van der Waals surface area contributed by atoms with Crippen LogP contribution in [-0.4, -0.2) is 28.8 Å². The highest BCUT2D eigenvalue weighted by atomic mass is 35.5. The zero-order valence-electron chi connectivity index (χ0n) is 14.1. The number of aromatic nitrogens is 2. The Hall–Kier alpha value is -2.05. The number of anilines is 1. The van der Waals surface area contributed by atoms with Gasteiger partial charge >= 0.3 is 0 Å². The van der Waals surface area contributed by atoms with Crippen molar-refractivity contribution in [3.8, 4) is 5.75 Å². The van der Waals surface area contributed by atoms with Crippen molar-refractivity contribution in [3.63, 3.8) is 0 Å². The zero-order chi connectivity index (χ0) is 16.7. The number of nitrogens with zero attached hydrogens (tertiary/aromatic N) is 2. The summed E-state index contributed by atoms with van der Waals surface area (Å²) in [5.74, 6) is 0.511. The molecule has 24 heavy (non-hydrogen) atoms. The first kappa shape index (κ1) is 20.0. The monoisotopic (exact) mass is 352 g/mol. The second-order valence-electron chi connectivity index (χ2n) is 5.27. The maximum Gasteiger partial charge on any atom is 0.276 e. The molecule has 1 heterocycles. The summed E-state index contributed by atoms with van der Waals surface area (Å²) < 4.78 is 7.26. The third-order valence-electron chi connectivity index (χ3n) is 3.66. The summed E-state index contributed by atoms with van der Waals surface area (Å²) in [5.41, 5.74) is 6.51. The summed E-state index contributed by atoms with van der Waals surface area (Å²) in [5, 5.41) is 7.21. The first-order valence-corrected chi connectivity index (χ1v) is 7.97. The summed E-state index contributed by atoms with van der Waals surface area (Å²) in [7, 11) is 0. The SMILES string of the molecule is CCC(CC)n1ccc(C(=O)Nc2ccc(OCCN)cc2)n1.Cl. The third-order valence-corrected chi connectivity index (χ3v) is 3.66. The number of carbonyl (C=O) groups excluding carboxylic acids is 1. The van der Waals surface area contributed by atoms with Crippen molar-refractivity contribution in [2.75, 3.05) is 18.5 Å². The number of hydrogen-bond acceptors (Lipinski definition) is 4. The summed E-state index contributed by atoms with van der Waals surface area (Å²) >= 11 is 0. The third kappa shape index (κ3) is 5.25. The van der Waals surface area contributed by atoms with Crippen molar-refractivity contribution >= 4 is 24.0 Å². The molecule has 0 saturated carbocycles. The van der Waals surface area contributed by atoms with Crippen LogP contribution in [0, 0.1) is 0 Å². The van der Waals surface area contributed by atoms with Crippen LogP contribution < -0.4 is 15.8 Å². The molecule has 0 aliphatic carbocycles. The maximum absolute atomic E-state index is 12.2. The largest absolute Gasteiger partial charge is 0.492 e. The molecule has 2 aromatic rings. The molecule has 132 valence electrons. The van der Waals surface area contributed by atoms with E-state index in [1.165, 1.54) is 0 Å². The summed E-state index contributed by atoms with van der Waals surface area (Å²) in [4.78, 5) is 12.2. The molecule has 0 bridgehead atoms. The molecule has 1 aromatic carbocycles. The molecular weight excluding hydrogens is 328 g/mol. The highest BCUT2D eigenvalue weighted by Gasteiger charge is 2.13. The van der Waals surface area contributed by atoms with Crippen molar-refractivity contribution < 1.29 is 9.53 Å². The fourth-order valence-electron chi connectivity index (χ4n) is 2.33. The van der Waals surface area contributed by atoms with Gasteiger partial charge in [-0.1, -0.05) is 13.8 Å². The van der Waals surface area contributed by atoms with Gasteiger partial charge in [0.25, 0.3) is 5.91 Å². The Morgan fingerprint density at radius 2 is 1.92 bits per heavy atom. The predicted octanol–water partition coefficient (Wildman–Crippen LogP) is 3.26. The molecule has 3 N–H and O–H groups in total. The Labute approximate surface area is 148 Å². The molecule has 0 unspecified atom stereocenters. The van der Waals surface area contributed by atoms with Gasteiger partial charge < -0.3 is 15.8 Å². The molecule has 0 radical (unpaired) electrons. The lowest BCUT2D eigenvalue weighted by Crippen LogP contribution is -2.15. The van der Waals surface area contributed by atoms with Gasteiger partial charge in [-0.2, -0.15) is 5.10 Å². The van der Waals surface area contributed by atoms with Crippen LogP contribution in [0.2, 0.25) is 0 Å². The smallest absolute Gasteiger partial charge is 0.276 e. The number of benzene rings is 1. The molecule has 0 fully saturated rings. The van der Waals surface area contributed by atoms with Gasteiger partial charge in [0.2, 0.25) is 0 Å². The van der Waals surface area contributed by atoms with Gasteiger partial charge in [0.05, 0.1) is 6.04 Å². The van der Waals surface area contributed by atoms with Gasteiger partial charge in [-0.25, -0.2) is 0 Å². The standard InChI is InChI=1S/C17H24N4O2.ClH/c1-3-14(4-2)21-11-9-16(20-21)17(22)19-13-5-7-15(8-6-13)23-12-10-18;/h5-9,11,14H,3-4,10,12,18H2,1-2H3,(H,19,22);1H. The van der Waals surface area contributed by atoms with Crippen LogP contribution in [0.4, 0.5) is 5.69 Å². The van der Waals surface area contributed by atoms with Crippen molar-refractivity contribution in [1.29, 1.82) is 0 Å². The van der Waals surface area contributed by atoms with Crippen LogP contribution in [0.1, 0.15) is 43.2 Å². The van der Waals surface area contributed by atoms with Crippen LogP contribution in [0.15, 0.2) is 36.5 Å². The fraction of sp³-hybridized carbons (Fsp3) is 0.412. The quantitative estimate of drug-likeness (QED) is 0.764. The molecule has 0 aliphatic heterocycles. The lowest BCUT2D eigenvalue weighted by atomic mass is 10.2. The van der Waals surface area contributed by atoms with Crippen molar-refractivity contribution in [3.05, 3.63) is 42.2 Å². The lowest BCUT2D eigenvalue weighted by Gasteiger charge is -2.12. The number of halogens is 1. The Morgan fingerprint density at radius 3 is 2.50 bits per heavy atom. The van der Waals surface area contributed by atoms with Gasteiger partial charge in [0.15, 0.2) is 5.69 Å². The number of nitrogens with two attached hydrogens (primary N) is 1. The van der Waals surface area contributed by atoms with Gasteiger partial charge in [-0.05, 0) is 43.2 Å². The van der Waals surface area contributed by atoms with Crippen LogP contribution in [-0.2, 0) is 0 Å². The van der Waals surface area contributed by atoms with E-state index in [1.807, 2.05) is 10.9 Å². The van der Waals surface area contributed by atoms with E-state index in [1.54, 1.807) is 30.3 Å². The number of ether oxygens (including phenoxy) is 1. The molecule has 0 aliphatic rings. The molecule has 2 rings (SSSR count). The van der Waals surface area contributed by atoms with Crippen molar-refractivity contribution in [1.82, 2.24) is 9.78 Å². The lowest BCUT2D eigenvalue weighted by molar-refractivity contribution is 0.102. The first-order chi connectivity index (χ1) is 11.2. The first-order valence-electron chi connectivity index (χ1n) is 7.97. The molecule has 7 heteroatoms. The zero-order valence-corrected chi connectivity index (χ0v) is 14.9. The molecule has 1 amide bonds. The van der Waals surface area contributed by atoms with E-state index in [2.05, 4.69) is 24.3 Å². The molecule has 1 aromatic heterocycles. The number of rotatable bonds is 8. The Morgan fingerprint density at radius 1 is 1.25 bits per heavy atom. The van der Waals surface area contributed by atoms with E-state index in [9.17, 15) is 4.79 Å². The highest BCUT2D eigenvalue weighted by molar-refractivity contribution is 6.02. The van der Waals surface area contributed by atoms with E-state index in [0.29, 0.717) is 30.6 Å². The van der Waals surface area contributed by atoms with E-state index in [-0.39, 0.29) is 18.3 Å². The van der Waals surface area contributed by atoms with Crippen molar-refractivity contribution in [2.24, 2.45) is 5.73 Å². The fourth-order valence-corrected chi connectivity index (χ4v) is 2.33. The van der Waals surface area contributed by atoms with Gasteiger partial charge in [0.1, 0.15) is 12.4 Å². The van der Waals surface area contributed by atoms with Gasteiger partial charge in [0, 0.05) is 18.4 Å². The normalized spacial score (nSPS) is 10.3. The van der Waals surface area contributed by atoms with E-state index < -0.39 is 0 Å². The number of hydrogen-bond donors (Lipinski definition) is 2. The van der Waals surface area contributed by atoms with Crippen LogP contribution in [0.3, 0.4) is 0 Å². The van der Waals surface area contributed by atoms with Crippen molar-refractivity contribution in [2.45, 2.75) is 32.7 Å². The number of carbonyl (C=O) groups is 1. The van der Waals surface area contributed by atoms with Crippen LogP contribution >= 0.6 is 12.4 Å². The predicted molar refractivity (Wildman–Crippen MR) is 98.0 cm³/mol. The summed E-state index contributed by atoms with van der Waals surface area (Å²) in [6.07, 6.45) is 3.84. The summed E-state index contributed by atoms with van der Waals surface area (Å²) in [6.45, 7) is 5.17. The minimum absolute atomic E-state index is 0. The number of amides is 1. The second-order valence-corrected chi connectivity index (χ2v) is 5.27. The average Bonchev–Trinajstić information content (AvgIpc) is 3.05. The molecule has 6 nitrogen and oxygen atoms in total. The number of nitrogens with one attached hydrogen (secondary N) is 1. The topological polar surface area (TPSA) is 82.2 Å². The summed E-state index contributed by atoms with van der Waals surface area (Å²) in [6, 6.07) is 9.26. The molecule has 0 saturated heterocycles. The van der Waals surface area contributed by atoms with E-state index in [4.69, 9.17) is 10.5 Å². The highest BCUT2D eigenvalue weighted by Crippen LogP contribution is 2.17. The van der Waals surface area contributed by atoms with Crippen LogP contribution in [0.5, 0.6) is 5.75 Å². The van der Waals surface area contributed by atoms with Gasteiger partial charge in [-0.3, -0.25) is 9.48 Å². The molecule has 0 atom stereocenters.